The van der Waals surface area contributed by atoms with E-state index in [0.717, 1.165) is 6.61 Å². The molecule has 1 aromatic rings. The van der Waals surface area contributed by atoms with Gasteiger partial charge in [-0.15, -0.1) is 0 Å². The van der Waals surface area contributed by atoms with Gasteiger partial charge in [0.25, 0.3) is 0 Å². The van der Waals surface area contributed by atoms with E-state index in [9.17, 15) is 0 Å². The molecule has 1 nitrogen and oxygen atoms in total. The molecule has 1 heterocycles. The molecule has 0 spiro atoms. The average molecular weight is 131 g/mol. The number of fused-ring (bicyclic) bond motifs is 1. The predicted molar refractivity (Wildman–Crippen MR) is 37.3 cm³/mol. The van der Waals surface area contributed by atoms with E-state index < -0.39 is 0 Å². The van der Waals surface area contributed by atoms with E-state index in [2.05, 4.69) is 0 Å². The molecule has 0 saturated carbocycles. The van der Waals surface area contributed by atoms with Crippen LogP contribution in [0.2, 0.25) is 0 Å². The highest BCUT2D eigenvalue weighted by Crippen LogP contribution is 2.19. The Morgan fingerprint density at radius 2 is 2.00 bits per heavy atom. The summed E-state index contributed by atoms with van der Waals surface area (Å²) < 4.78 is 5.19. The van der Waals surface area contributed by atoms with Crippen LogP contribution in [-0.2, 0) is 18.0 Å². The van der Waals surface area contributed by atoms with Crippen LogP contribution >= 0.6 is 0 Å². The Labute approximate surface area is 60.6 Å². The van der Waals surface area contributed by atoms with E-state index in [1.54, 1.807) is 6.07 Å². The monoisotopic (exact) mass is 131 g/mol. The summed E-state index contributed by atoms with van der Waals surface area (Å²) in [5, 5.41) is 0. The second-order valence-corrected chi connectivity index (χ2v) is 2.48. The molecule has 0 aliphatic carbocycles. The fourth-order valence-corrected chi connectivity index (χ4v) is 1.17. The smallest absolute Gasteiger partial charge is 0.0725 e. The summed E-state index contributed by atoms with van der Waals surface area (Å²) in [5.41, 5.74) is 2.98. The van der Waals surface area contributed by atoms with Gasteiger partial charge in [-0.3, -0.25) is 0 Å². The lowest BCUT2D eigenvalue weighted by Crippen LogP contribution is -1.81. The molecule has 10 heavy (non-hydrogen) atoms. The van der Waals surface area contributed by atoms with Gasteiger partial charge in [0.2, 0.25) is 0 Å². The van der Waals surface area contributed by atoms with Gasteiger partial charge in [-0.05, 0) is 16.7 Å². The fraction of sp³-hybridized carbons (Fsp3) is 0.222. The molecule has 0 aromatic heterocycles. The second-order valence-electron chi connectivity index (χ2n) is 2.48. The van der Waals surface area contributed by atoms with Gasteiger partial charge in [-0.2, -0.15) is 0 Å². The van der Waals surface area contributed by atoms with Crippen LogP contribution in [0.15, 0.2) is 18.2 Å². The van der Waals surface area contributed by atoms with Crippen LogP contribution in [0.1, 0.15) is 16.7 Å². The first-order valence-electron chi connectivity index (χ1n) is 3.27. The molecular weight excluding hydrogens is 124 g/mol. The van der Waals surface area contributed by atoms with E-state index in [-0.39, 0.29) is 0 Å². The minimum atomic E-state index is 0.573. The third kappa shape index (κ3) is 0.830. The van der Waals surface area contributed by atoms with Crippen LogP contribution in [0.3, 0.4) is 0 Å². The average Bonchev–Trinajstić information content (AvgIpc) is 2.33. The first kappa shape index (κ1) is 5.93. The number of rotatable bonds is 0. The molecule has 2 rings (SSSR count). The third-order valence-electron chi connectivity index (χ3n) is 1.72. The third-order valence-corrected chi connectivity index (χ3v) is 1.72. The summed E-state index contributed by atoms with van der Waals surface area (Å²) in [6.45, 7) is 8.71. The number of hydrogen-bond acceptors (Lipinski definition) is 1. The van der Waals surface area contributed by atoms with Crippen molar-refractivity contribution in [3.63, 3.8) is 0 Å². The molecule has 1 aliphatic heterocycles. The standard InChI is InChI=1S/C9H7O/c1-7-2-3-8-5-10-6-9(8)4-7/h2-4H,5-6H2. The lowest BCUT2D eigenvalue weighted by atomic mass is 10.1. The molecule has 3 radical (unpaired) electrons. The van der Waals surface area contributed by atoms with Crippen molar-refractivity contribution in [3.8, 4) is 0 Å². The van der Waals surface area contributed by atoms with Crippen molar-refractivity contribution < 1.29 is 4.74 Å². The molecule has 0 amide bonds. The van der Waals surface area contributed by atoms with Gasteiger partial charge in [-0.25, -0.2) is 0 Å². The first-order chi connectivity index (χ1) is 4.86. The predicted octanol–water partition coefficient (Wildman–Crippen LogP) is 1.65. The second kappa shape index (κ2) is 2.10. The fourth-order valence-electron chi connectivity index (χ4n) is 1.17. The summed E-state index contributed by atoms with van der Waals surface area (Å²) in [6.07, 6.45) is 0. The summed E-state index contributed by atoms with van der Waals surface area (Å²) in [6, 6.07) is 5.63. The number of benzene rings is 1. The van der Waals surface area contributed by atoms with Crippen molar-refractivity contribution in [1.29, 1.82) is 0 Å². The molecule has 0 fully saturated rings. The van der Waals surface area contributed by atoms with Crippen LogP contribution in [0.4, 0.5) is 0 Å². The zero-order valence-electron chi connectivity index (χ0n) is 5.55. The van der Waals surface area contributed by atoms with Crippen molar-refractivity contribution in [2.45, 2.75) is 13.2 Å². The maximum absolute atomic E-state index is 7.31. The zero-order valence-corrected chi connectivity index (χ0v) is 5.55. The normalized spacial score (nSPS) is 15.3. The molecule has 0 saturated heterocycles. The molecule has 0 N–H and O–H groups in total. The maximum Gasteiger partial charge on any atom is 0.0725 e. The highest BCUT2D eigenvalue weighted by atomic mass is 16.5. The van der Waals surface area contributed by atoms with Gasteiger partial charge >= 0.3 is 0 Å². The van der Waals surface area contributed by atoms with Gasteiger partial charge in [-0.1, -0.05) is 18.2 Å². The zero-order chi connectivity index (χ0) is 6.97. The van der Waals surface area contributed by atoms with Crippen molar-refractivity contribution >= 4 is 0 Å². The van der Waals surface area contributed by atoms with E-state index in [1.807, 2.05) is 12.1 Å². The van der Waals surface area contributed by atoms with Crippen LogP contribution in [0.25, 0.3) is 0 Å². The Hall–Kier alpha value is -0.820. The minimum Gasteiger partial charge on any atom is -0.372 e. The number of hydrogen-bond donors (Lipinski definition) is 0. The summed E-state index contributed by atoms with van der Waals surface area (Å²) in [7, 11) is 0. The molecule has 0 unspecified atom stereocenters. The Bertz CT molecular complexity index is 253. The molecule has 1 heteroatoms. The van der Waals surface area contributed by atoms with Gasteiger partial charge in [0, 0.05) is 6.92 Å². The van der Waals surface area contributed by atoms with E-state index in [0.29, 0.717) is 12.2 Å². The molecule has 1 aromatic carbocycles. The summed E-state index contributed by atoms with van der Waals surface area (Å²) >= 11 is 0. The van der Waals surface area contributed by atoms with Gasteiger partial charge < -0.3 is 4.74 Å². The Kier molecular flexibility index (Phi) is 1.24. The molecule has 49 valence electrons. The van der Waals surface area contributed by atoms with Gasteiger partial charge in [0.1, 0.15) is 0 Å². The Balaban J connectivity index is 2.52. The van der Waals surface area contributed by atoms with Gasteiger partial charge in [0.05, 0.1) is 13.2 Å². The molecule has 0 bridgehead atoms. The Morgan fingerprint density at radius 3 is 2.90 bits per heavy atom. The largest absolute Gasteiger partial charge is 0.372 e. The van der Waals surface area contributed by atoms with Crippen LogP contribution in [0, 0.1) is 6.92 Å². The highest BCUT2D eigenvalue weighted by molar-refractivity contribution is 5.34. The SMILES string of the molecule is [C]c1ccc2c(c1)COC2. The minimum absolute atomic E-state index is 0.573. The van der Waals surface area contributed by atoms with E-state index >= 15 is 0 Å². The van der Waals surface area contributed by atoms with E-state index in [1.165, 1.54) is 11.1 Å². The van der Waals surface area contributed by atoms with Crippen LogP contribution in [0.5, 0.6) is 0 Å². The lowest BCUT2D eigenvalue weighted by molar-refractivity contribution is 0.134. The summed E-state index contributed by atoms with van der Waals surface area (Å²) in [4.78, 5) is 0. The Morgan fingerprint density at radius 1 is 1.20 bits per heavy atom. The summed E-state index contributed by atoms with van der Waals surface area (Å²) in [5.74, 6) is 0. The maximum atomic E-state index is 7.31. The van der Waals surface area contributed by atoms with Gasteiger partial charge in [0.15, 0.2) is 0 Å². The van der Waals surface area contributed by atoms with Crippen LogP contribution in [-0.4, -0.2) is 0 Å². The topological polar surface area (TPSA) is 9.23 Å². The highest BCUT2D eigenvalue weighted by Gasteiger charge is 2.09. The first-order valence-corrected chi connectivity index (χ1v) is 3.27. The molecule has 0 atom stereocenters. The van der Waals surface area contributed by atoms with Crippen molar-refractivity contribution in [2.75, 3.05) is 0 Å². The van der Waals surface area contributed by atoms with Crippen molar-refractivity contribution in [3.05, 3.63) is 41.8 Å². The van der Waals surface area contributed by atoms with Crippen molar-refractivity contribution in [2.24, 2.45) is 0 Å². The molecule has 1 aliphatic rings. The number of ether oxygens (including phenoxy) is 1. The molecular formula is C9H7O. The van der Waals surface area contributed by atoms with Crippen molar-refractivity contribution in [1.82, 2.24) is 0 Å². The lowest BCUT2D eigenvalue weighted by Gasteiger charge is -1.95. The van der Waals surface area contributed by atoms with E-state index in [4.69, 9.17) is 11.7 Å². The van der Waals surface area contributed by atoms with Crippen LogP contribution < -0.4 is 0 Å². The quantitative estimate of drug-likeness (QED) is 0.520.